The average Bonchev–Trinajstić information content (AvgIpc) is 2.40. The third kappa shape index (κ3) is 0.833. The van der Waals surface area contributed by atoms with Crippen LogP contribution < -0.4 is 0 Å². The maximum Gasteiger partial charge on any atom is 0.344 e. The molecule has 13 heavy (non-hydrogen) atoms. The van der Waals surface area contributed by atoms with Crippen LogP contribution in [0.15, 0.2) is 0 Å². The Hall–Kier alpha value is -0.690. The zero-order chi connectivity index (χ0) is 9.85. The summed E-state index contributed by atoms with van der Waals surface area (Å²) in [6, 6.07) is 0. The maximum absolute atomic E-state index is 11.0. The van der Waals surface area contributed by atoms with E-state index in [1.165, 1.54) is 0 Å². The molecule has 74 valence electrons. The molecule has 0 aromatic rings. The van der Waals surface area contributed by atoms with Crippen LogP contribution in [0.1, 0.15) is 6.92 Å². The Morgan fingerprint density at radius 1 is 1.54 bits per heavy atom. The molecule has 2 aliphatic heterocycles. The number of carbonyl (C=O) groups excluding carboxylic acids is 1. The van der Waals surface area contributed by atoms with Crippen molar-refractivity contribution in [3.05, 3.63) is 0 Å². The van der Waals surface area contributed by atoms with E-state index in [-0.39, 0.29) is 6.61 Å². The Balaban J connectivity index is 2.41. The van der Waals surface area contributed by atoms with E-state index >= 15 is 0 Å². The van der Waals surface area contributed by atoms with Gasteiger partial charge in [-0.05, 0) is 6.92 Å². The molecule has 4 atom stereocenters. The largest absolute Gasteiger partial charge is 0.451 e. The molecule has 4 unspecified atom stereocenters. The summed E-state index contributed by atoms with van der Waals surface area (Å²) < 4.78 is 9.37. The fourth-order valence-corrected chi connectivity index (χ4v) is 1.59. The van der Waals surface area contributed by atoms with Gasteiger partial charge in [-0.15, -0.1) is 0 Å². The fraction of sp³-hybridized carbons (Fsp3) is 0.857. The van der Waals surface area contributed by atoms with Crippen LogP contribution in [0.5, 0.6) is 0 Å². The van der Waals surface area contributed by atoms with E-state index in [1.54, 1.807) is 0 Å². The van der Waals surface area contributed by atoms with Gasteiger partial charge in [0.25, 0.3) is 0 Å². The molecule has 0 saturated carbocycles. The van der Waals surface area contributed by atoms with Gasteiger partial charge < -0.3 is 24.8 Å². The highest BCUT2D eigenvalue weighted by Crippen LogP contribution is 2.42. The number of hydrogen-bond acceptors (Lipinski definition) is 6. The summed E-state index contributed by atoms with van der Waals surface area (Å²) in [5.74, 6) is -3.11. The van der Waals surface area contributed by atoms with Gasteiger partial charge in [-0.1, -0.05) is 0 Å². The minimum Gasteiger partial charge on any atom is -0.451 e. The first-order chi connectivity index (χ1) is 5.89. The fourth-order valence-electron chi connectivity index (χ4n) is 1.59. The summed E-state index contributed by atoms with van der Waals surface area (Å²) >= 11 is 0. The molecule has 3 N–H and O–H groups in total. The summed E-state index contributed by atoms with van der Waals surface area (Å²) in [6.07, 6.45) is -2.29. The lowest BCUT2D eigenvalue weighted by Crippen LogP contribution is -2.55. The van der Waals surface area contributed by atoms with E-state index in [2.05, 4.69) is 4.74 Å². The lowest BCUT2D eigenvalue weighted by Gasteiger charge is -2.27. The molecule has 2 saturated heterocycles. The van der Waals surface area contributed by atoms with E-state index in [0.717, 1.165) is 6.92 Å². The third-order valence-corrected chi connectivity index (χ3v) is 2.54. The van der Waals surface area contributed by atoms with Crippen molar-refractivity contribution in [2.75, 3.05) is 6.61 Å². The second kappa shape index (κ2) is 2.21. The molecular weight excluding hydrogens is 180 g/mol. The van der Waals surface area contributed by atoms with Crippen LogP contribution in [0, 0.1) is 0 Å². The predicted octanol–water partition coefficient (Wildman–Crippen LogP) is -2.26. The first-order valence-corrected chi connectivity index (χ1v) is 3.87. The van der Waals surface area contributed by atoms with E-state index in [4.69, 9.17) is 4.74 Å². The molecule has 2 rings (SSSR count). The van der Waals surface area contributed by atoms with Gasteiger partial charge in [0.2, 0.25) is 11.4 Å². The smallest absolute Gasteiger partial charge is 0.344 e. The zero-order valence-corrected chi connectivity index (χ0v) is 6.93. The third-order valence-electron chi connectivity index (χ3n) is 2.54. The lowest BCUT2D eigenvalue weighted by atomic mass is 9.93. The van der Waals surface area contributed by atoms with E-state index in [9.17, 15) is 20.1 Å². The number of aliphatic hydroxyl groups excluding tert-OH is 1. The van der Waals surface area contributed by atoms with Crippen molar-refractivity contribution in [2.24, 2.45) is 0 Å². The van der Waals surface area contributed by atoms with Gasteiger partial charge in [0.1, 0.15) is 6.10 Å². The van der Waals surface area contributed by atoms with Gasteiger partial charge in [0, 0.05) is 0 Å². The van der Waals surface area contributed by atoms with Crippen molar-refractivity contribution < 1.29 is 29.6 Å². The number of esters is 1. The summed E-state index contributed by atoms with van der Waals surface area (Å²) in [6.45, 7) is 0.929. The van der Waals surface area contributed by atoms with Crippen molar-refractivity contribution in [1.29, 1.82) is 0 Å². The van der Waals surface area contributed by atoms with Crippen molar-refractivity contribution in [3.8, 4) is 0 Å². The molecule has 6 heteroatoms. The van der Waals surface area contributed by atoms with Crippen LogP contribution >= 0.6 is 0 Å². The topological polar surface area (TPSA) is 96.2 Å². The van der Waals surface area contributed by atoms with E-state index in [0.29, 0.717) is 0 Å². The molecule has 0 bridgehead atoms. The highest BCUT2D eigenvalue weighted by molar-refractivity contribution is 5.83. The number of fused-ring (bicyclic) bond motifs is 1. The van der Waals surface area contributed by atoms with Crippen molar-refractivity contribution in [1.82, 2.24) is 0 Å². The summed E-state index contributed by atoms with van der Waals surface area (Å²) in [5.41, 5.74) is -2.12. The number of rotatable bonds is 0. The molecule has 2 fully saturated rings. The van der Waals surface area contributed by atoms with Gasteiger partial charge in [-0.2, -0.15) is 0 Å². The quantitative estimate of drug-likeness (QED) is 0.373. The van der Waals surface area contributed by atoms with Crippen molar-refractivity contribution >= 4 is 5.97 Å². The Morgan fingerprint density at radius 2 is 2.15 bits per heavy atom. The molecule has 0 aromatic heterocycles. The Kier molecular flexibility index (Phi) is 1.51. The van der Waals surface area contributed by atoms with Crippen LogP contribution in [0.4, 0.5) is 0 Å². The molecule has 0 spiro atoms. The number of carbonyl (C=O) groups is 1. The van der Waals surface area contributed by atoms with Crippen LogP contribution in [-0.2, 0) is 14.3 Å². The summed E-state index contributed by atoms with van der Waals surface area (Å²) in [4.78, 5) is 11.0. The second-order valence-electron chi connectivity index (χ2n) is 3.47. The first-order valence-electron chi connectivity index (χ1n) is 3.87. The van der Waals surface area contributed by atoms with Gasteiger partial charge in [0.05, 0.1) is 6.61 Å². The highest BCUT2D eigenvalue weighted by atomic mass is 16.7. The second-order valence-corrected chi connectivity index (χ2v) is 3.47. The molecule has 2 aliphatic rings. The predicted molar refractivity (Wildman–Crippen MR) is 37.4 cm³/mol. The van der Waals surface area contributed by atoms with Crippen molar-refractivity contribution in [3.63, 3.8) is 0 Å². The van der Waals surface area contributed by atoms with E-state index in [1.807, 2.05) is 0 Å². The normalized spacial score (nSPS) is 54.9. The molecular formula is C7H10O6. The molecule has 0 aromatic carbocycles. The highest BCUT2D eigenvalue weighted by Gasteiger charge is 2.71. The Labute approximate surface area is 73.7 Å². The Morgan fingerprint density at radius 3 is 2.69 bits per heavy atom. The van der Waals surface area contributed by atoms with Crippen LogP contribution in [0.25, 0.3) is 0 Å². The van der Waals surface area contributed by atoms with Gasteiger partial charge in [-0.25, -0.2) is 4.79 Å². The molecule has 6 nitrogen and oxygen atoms in total. The summed E-state index contributed by atoms with van der Waals surface area (Å²) in [7, 11) is 0. The standard InChI is InChI=1S/C7H10O6/c1-6(10)5(9)13-4-3(8)2-12-7(4,6)11/h3-4,8,10-11H,2H2,1H3. The minimum atomic E-state index is -2.12. The zero-order valence-electron chi connectivity index (χ0n) is 6.93. The van der Waals surface area contributed by atoms with Gasteiger partial charge in [0.15, 0.2) is 6.10 Å². The average molecular weight is 190 g/mol. The van der Waals surface area contributed by atoms with Crippen LogP contribution in [-0.4, -0.2) is 51.5 Å². The van der Waals surface area contributed by atoms with E-state index < -0.39 is 29.6 Å². The monoisotopic (exact) mass is 190 g/mol. The molecule has 0 amide bonds. The van der Waals surface area contributed by atoms with Crippen LogP contribution in [0.3, 0.4) is 0 Å². The number of ether oxygens (including phenoxy) is 2. The molecule has 0 aliphatic carbocycles. The SMILES string of the molecule is CC1(O)C(=O)OC2C(O)COC21O. The van der Waals surface area contributed by atoms with Gasteiger partial charge in [-0.3, -0.25) is 0 Å². The van der Waals surface area contributed by atoms with Crippen LogP contribution in [0.2, 0.25) is 0 Å². The minimum absolute atomic E-state index is 0.162. The number of aliphatic hydroxyl groups is 3. The Bertz CT molecular complexity index is 262. The summed E-state index contributed by atoms with van der Waals surface area (Å²) in [5, 5.41) is 28.5. The maximum atomic E-state index is 11.0. The number of hydrogen-bond donors (Lipinski definition) is 3. The molecule has 0 radical (unpaired) electrons. The first kappa shape index (κ1) is 8.89. The van der Waals surface area contributed by atoms with Gasteiger partial charge >= 0.3 is 5.97 Å². The lowest BCUT2D eigenvalue weighted by molar-refractivity contribution is -0.257. The molecule has 2 heterocycles. The van der Waals surface area contributed by atoms with Crippen molar-refractivity contribution in [2.45, 2.75) is 30.5 Å².